The number of ether oxygens (including phenoxy) is 4. The van der Waals surface area contributed by atoms with Crippen LogP contribution in [0.5, 0.6) is 0 Å². The average Bonchev–Trinajstić information content (AvgIpc) is 3.57. The lowest BCUT2D eigenvalue weighted by Crippen LogP contribution is -2.49. The van der Waals surface area contributed by atoms with E-state index in [9.17, 15) is 14.6 Å². The fourth-order valence-electron chi connectivity index (χ4n) is 4.17. The number of nitrogens with zero attached hydrogens (tertiary/aromatic N) is 3. The first kappa shape index (κ1) is 25.3. The molecule has 4 rings (SSSR count). The van der Waals surface area contributed by atoms with Gasteiger partial charge in [0.15, 0.2) is 12.5 Å². The van der Waals surface area contributed by atoms with Gasteiger partial charge in [-0.05, 0) is 12.7 Å². The molecule has 2 aliphatic heterocycles. The van der Waals surface area contributed by atoms with Crippen molar-refractivity contribution >= 4 is 18.9 Å². The maximum absolute atomic E-state index is 12.8. The molecule has 2 aromatic rings. The summed E-state index contributed by atoms with van der Waals surface area (Å²) in [7, 11) is -0.872. The molecule has 13 heteroatoms. The van der Waals surface area contributed by atoms with E-state index in [2.05, 4.69) is 15.3 Å². The van der Waals surface area contributed by atoms with E-state index in [1.807, 2.05) is 44.2 Å². The van der Waals surface area contributed by atoms with Gasteiger partial charge in [0.05, 0.1) is 0 Å². The van der Waals surface area contributed by atoms with Crippen molar-refractivity contribution in [3.05, 3.63) is 48.0 Å². The number of primary amides is 1. The minimum Gasteiger partial charge on any atom is -0.462 e. The molecule has 0 aliphatic carbocycles. The van der Waals surface area contributed by atoms with Gasteiger partial charge in [0, 0.05) is 5.56 Å². The largest absolute Gasteiger partial charge is 0.462 e. The van der Waals surface area contributed by atoms with E-state index < -0.39 is 55.8 Å². The van der Waals surface area contributed by atoms with Crippen molar-refractivity contribution in [1.82, 2.24) is 20.0 Å². The monoisotopic (exact) mass is 487 g/mol. The Bertz CT molecular complexity index is 1020. The van der Waals surface area contributed by atoms with E-state index in [4.69, 9.17) is 24.7 Å². The molecular weight excluding hydrogens is 457 g/mol. The molecule has 2 saturated heterocycles. The quantitative estimate of drug-likeness (QED) is 0.316. The molecule has 3 heterocycles. The zero-order valence-electron chi connectivity index (χ0n) is 19.8. The molecule has 12 nitrogen and oxygen atoms in total. The van der Waals surface area contributed by atoms with Gasteiger partial charge in [0.2, 0.25) is 5.82 Å². The third kappa shape index (κ3) is 5.54. The Balaban J connectivity index is 1.51. The lowest BCUT2D eigenvalue weighted by molar-refractivity contribution is -0.170. The number of rotatable bonds is 10. The number of aromatic nitrogens is 3. The van der Waals surface area contributed by atoms with Crippen molar-refractivity contribution in [2.45, 2.75) is 64.0 Å². The molecule has 0 bridgehead atoms. The van der Waals surface area contributed by atoms with Crippen molar-refractivity contribution in [3.8, 4) is 0 Å². The average molecular weight is 487 g/mol. The zero-order chi connectivity index (χ0) is 25.1. The Morgan fingerprint density at radius 3 is 2.60 bits per heavy atom. The SMILES string of the molecule is CC[C@H](C)C(NB(C)O)C(=O)OCC1O[C@@H](n2cnc(C(N)=O)n2)C2OC(c3ccccc3)OC12. The van der Waals surface area contributed by atoms with E-state index in [1.165, 1.54) is 11.0 Å². The first-order valence-electron chi connectivity index (χ1n) is 11.6. The van der Waals surface area contributed by atoms with E-state index in [-0.39, 0.29) is 18.3 Å². The highest BCUT2D eigenvalue weighted by molar-refractivity contribution is 6.46. The van der Waals surface area contributed by atoms with Crippen molar-refractivity contribution < 1.29 is 33.6 Å². The van der Waals surface area contributed by atoms with E-state index in [0.717, 1.165) is 12.0 Å². The van der Waals surface area contributed by atoms with Crippen LogP contribution < -0.4 is 11.0 Å². The van der Waals surface area contributed by atoms with Gasteiger partial charge >= 0.3 is 13.0 Å². The van der Waals surface area contributed by atoms with Crippen LogP contribution >= 0.6 is 0 Å². The van der Waals surface area contributed by atoms with Gasteiger partial charge in [-0.2, -0.15) is 0 Å². The number of esters is 1. The normalized spacial score (nSPS) is 27.3. The van der Waals surface area contributed by atoms with Gasteiger partial charge in [-0.1, -0.05) is 50.6 Å². The molecule has 0 spiro atoms. The van der Waals surface area contributed by atoms with Crippen molar-refractivity contribution in [2.24, 2.45) is 11.7 Å². The summed E-state index contributed by atoms with van der Waals surface area (Å²) < 4.78 is 25.4. The predicted molar refractivity (Wildman–Crippen MR) is 123 cm³/mol. The molecule has 2 aliphatic rings. The molecule has 0 saturated carbocycles. The third-order valence-electron chi connectivity index (χ3n) is 6.19. The third-order valence-corrected chi connectivity index (χ3v) is 6.19. The number of hydrogen-bond acceptors (Lipinski definition) is 10. The summed E-state index contributed by atoms with van der Waals surface area (Å²) in [6.45, 7) is 5.30. The topological polar surface area (TPSA) is 160 Å². The number of benzene rings is 1. The second-order valence-corrected chi connectivity index (χ2v) is 8.76. The van der Waals surface area contributed by atoms with Gasteiger partial charge < -0.3 is 34.9 Å². The Morgan fingerprint density at radius 1 is 1.26 bits per heavy atom. The number of nitrogens with two attached hydrogens (primary N) is 1. The van der Waals surface area contributed by atoms with Gasteiger partial charge in [0.25, 0.3) is 5.91 Å². The summed E-state index contributed by atoms with van der Waals surface area (Å²) in [6.07, 6.45) is -1.23. The number of hydrogen-bond donors (Lipinski definition) is 3. The highest BCUT2D eigenvalue weighted by atomic mass is 16.8. The maximum Gasteiger partial charge on any atom is 0.374 e. The van der Waals surface area contributed by atoms with Crippen LogP contribution in [0, 0.1) is 5.92 Å². The fraction of sp³-hybridized carbons (Fsp3) is 0.545. The van der Waals surface area contributed by atoms with Crippen molar-refractivity contribution in [3.63, 3.8) is 0 Å². The molecule has 1 amide bonds. The molecule has 0 radical (unpaired) electrons. The fourth-order valence-corrected chi connectivity index (χ4v) is 4.17. The maximum atomic E-state index is 12.8. The van der Waals surface area contributed by atoms with Gasteiger partial charge in [-0.3, -0.25) is 9.59 Å². The first-order chi connectivity index (χ1) is 16.8. The lowest BCUT2D eigenvalue weighted by Gasteiger charge is -2.25. The zero-order valence-corrected chi connectivity index (χ0v) is 19.8. The molecule has 188 valence electrons. The second kappa shape index (κ2) is 10.8. The van der Waals surface area contributed by atoms with Crippen LogP contribution in [0.3, 0.4) is 0 Å². The molecule has 4 N–H and O–H groups in total. The summed E-state index contributed by atoms with van der Waals surface area (Å²) >= 11 is 0. The summed E-state index contributed by atoms with van der Waals surface area (Å²) in [4.78, 5) is 28.2. The number of carbonyl (C=O) groups is 2. The van der Waals surface area contributed by atoms with Gasteiger partial charge in [-0.15, -0.1) is 5.10 Å². The first-order valence-corrected chi connectivity index (χ1v) is 11.6. The van der Waals surface area contributed by atoms with Crippen LogP contribution in [-0.2, 0) is 23.7 Å². The van der Waals surface area contributed by atoms with E-state index in [0.29, 0.717) is 0 Å². The Kier molecular flexibility index (Phi) is 7.82. The van der Waals surface area contributed by atoms with Crippen LogP contribution in [0.1, 0.15) is 49.0 Å². The Morgan fingerprint density at radius 2 is 1.97 bits per heavy atom. The number of fused-ring (bicyclic) bond motifs is 1. The minimum atomic E-state index is -0.872. The molecule has 1 aromatic heterocycles. The summed E-state index contributed by atoms with van der Waals surface area (Å²) in [6, 6.07) is 8.74. The molecule has 7 atom stereocenters. The highest BCUT2D eigenvalue weighted by Gasteiger charge is 2.54. The van der Waals surface area contributed by atoms with Gasteiger partial charge in [0.1, 0.15) is 37.3 Å². The highest BCUT2D eigenvalue weighted by Crippen LogP contribution is 2.44. The van der Waals surface area contributed by atoms with Crippen molar-refractivity contribution in [2.75, 3.05) is 6.61 Å². The predicted octanol–water partition coefficient (Wildman–Crippen LogP) is 0.415. The molecule has 35 heavy (non-hydrogen) atoms. The van der Waals surface area contributed by atoms with Crippen LogP contribution in [0.15, 0.2) is 36.7 Å². The molecule has 2 fully saturated rings. The van der Waals surface area contributed by atoms with Crippen LogP contribution in [0.2, 0.25) is 6.82 Å². The van der Waals surface area contributed by atoms with E-state index >= 15 is 0 Å². The lowest BCUT2D eigenvalue weighted by atomic mass is 9.84. The van der Waals surface area contributed by atoms with Crippen LogP contribution in [0.4, 0.5) is 0 Å². The Labute approximate surface area is 203 Å². The summed E-state index contributed by atoms with van der Waals surface area (Å²) in [5, 5.41) is 16.7. The number of amides is 1. The van der Waals surface area contributed by atoms with E-state index in [1.54, 1.807) is 6.82 Å². The standard InChI is InChI=1S/C22H30BN5O7/c1-4-12(2)15(26-23(3)31)21(30)32-10-14-16-17(35-22(34-16)13-8-6-5-7-9-13)20(33-14)28-11-25-19(27-28)18(24)29/h5-9,11-12,14-17,20,22,26,31H,4,10H2,1-3H3,(H2,24,29)/t12-,14?,15?,16?,17?,20+,22?/m0/s1. The molecular formula is C22H30BN5O7. The number of nitrogens with one attached hydrogen (secondary N) is 1. The smallest absolute Gasteiger partial charge is 0.374 e. The molecule has 5 unspecified atom stereocenters. The van der Waals surface area contributed by atoms with Crippen molar-refractivity contribution in [1.29, 1.82) is 0 Å². The Hall–Kier alpha value is -2.84. The van der Waals surface area contributed by atoms with Crippen LogP contribution in [0.25, 0.3) is 0 Å². The van der Waals surface area contributed by atoms with Crippen LogP contribution in [-0.4, -0.2) is 69.7 Å². The summed E-state index contributed by atoms with van der Waals surface area (Å²) in [5.41, 5.74) is 6.11. The number of carbonyl (C=O) groups excluding carboxylic acids is 2. The summed E-state index contributed by atoms with van der Waals surface area (Å²) in [5.74, 6) is -1.48. The van der Waals surface area contributed by atoms with Gasteiger partial charge in [-0.25, -0.2) is 9.67 Å². The second-order valence-electron chi connectivity index (χ2n) is 8.76. The minimum absolute atomic E-state index is 0.0574. The molecule has 1 aromatic carbocycles.